The summed E-state index contributed by atoms with van der Waals surface area (Å²) in [6.45, 7) is 3.99. The molecule has 0 aliphatic carbocycles. The number of carbonyl (C=O) groups excluding carboxylic acids is 1. The summed E-state index contributed by atoms with van der Waals surface area (Å²) in [6.07, 6.45) is 1.65. The molecular formula is C17H17NO3. The van der Waals surface area contributed by atoms with Gasteiger partial charge >= 0.3 is 0 Å². The molecule has 0 aliphatic rings. The highest BCUT2D eigenvalue weighted by Crippen LogP contribution is 2.24. The molecule has 0 saturated carbocycles. The van der Waals surface area contributed by atoms with Gasteiger partial charge in [0.15, 0.2) is 0 Å². The summed E-state index contributed by atoms with van der Waals surface area (Å²) in [5.74, 6) is 1.12. The Hall–Kier alpha value is -2.75. The lowest BCUT2D eigenvalue weighted by atomic mass is 10.2. The van der Waals surface area contributed by atoms with Gasteiger partial charge in [0.25, 0.3) is 5.91 Å². The van der Waals surface area contributed by atoms with E-state index in [-0.39, 0.29) is 5.91 Å². The number of ether oxygens (including phenoxy) is 2. The first-order valence-corrected chi connectivity index (χ1v) is 6.52. The maximum Gasteiger partial charge on any atom is 0.255 e. The predicted octanol–water partition coefficient (Wildman–Crippen LogP) is 3.51. The van der Waals surface area contributed by atoms with Gasteiger partial charge in [0.05, 0.1) is 12.8 Å². The highest BCUT2D eigenvalue weighted by atomic mass is 16.5. The Morgan fingerprint density at radius 1 is 1.19 bits per heavy atom. The Balaban J connectivity index is 2.13. The minimum absolute atomic E-state index is 0.202. The van der Waals surface area contributed by atoms with Crippen LogP contribution >= 0.6 is 0 Å². The fourth-order valence-electron chi connectivity index (χ4n) is 1.78. The molecule has 0 aromatic heterocycles. The van der Waals surface area contributed by atoms with Gasteiger partial charge in [-0.3, -0.25) is 4.79 Å². The topological polar surface area (TPSA) is 47.6 Å². The second kappa shape index (κ2) is 7.14. The molecule has 0 saturated heterocycles. The molecule has 0 aliphatic heterocycles. The van der Waals surface area contributed by atoms with Crippen molar-refractivity contribution in [2.75, 3.05) is 19.0 Å². The zero-order valence-corrected chi connectivity index (χ0v) is 11.8. The maximum atomic E-state index is 12.2. The van der Waals surface area contributed by atoms with Crippen molar-refractivity contribution >= 4 is 11.6 Å². The van der Waals surface area contributed by atoms with Crippen molar-refractivity contribution in [3.8, 4) is 11.5 Å². The third kappa shape index (κ3) is 3.86. The SMILES string of the molecule is C=CCOc1ccccc1NC(=O)c1ccc(OC)cc1. The van der Waals surface area contributed by atoms with Crippen LogP contribution in [0.2, 0.25) is 0 Å². The van der Waals surface area contributed by atoms with Gasteiger partial charge in [-0.2, -0.15) is 0 Å². The Labute approximate surface area is 124 Å². The molecule has 0 spiro atoms. The van der Waals surface area contributed by atoms with Crippen molar-refractivity contribution < 1.29 is 14.3 Å². The Morgan fingerprint density at radius 3 is 2.57 bits per heavy atom. The first-order valence-electron chi connectivity index (χ1n) is 6.52. The van der Waals surface area contributed by atoms with E-state index >= 15 is 0 Å². The molecule has 2 aromatic carbocycles. The number of hydrogen-bond donors (Lipinski definition) is 1. The second-order valence-corrected chi connectivity index (χ2v) is 4.28. The number of rotatable bonds is 6. The van der Waals surface area contributed by atoms with Crippen LogP contribution in [0.25, 0.3) is 0 Å². The molecule has 0 radical (unpaired) electrons. The number of benzene rings is 2. The molecule has 0 fully saturated rings. The summed E-state index contributed by atoms with van der Waals surface area (Å²) in [7, 11) is 1.59. The van der Waals surface area contributed by atoms with Gasteiger partial charge < -0.3 is 14.8 Å². The first-order chi connectivity index (χ1) is 10.2. The average Bonchev–Trinajstić information content (AvgIpc) is 2.54. The third-order valence-corrected chi connectivity index (χ3v) is 2.84. The molecular weight excluding hydrogens is 266 g/mol. The van der Waals surface area contributed by atoms with Crippen molar-refractivity contribution in [1.29, 1.82) is 0 Å². The van der Waals surface area contributed by atoms with Crippen LogP contribution in [0.5, 0.6) is 11.5 Å². The summed E-state index contributed by atoms with van der Waals surface area (Å²) in [6, 6.07) is 14.2. The summed E-state index contributed by atoms with van der Waals surface area (Å²) in [5.41, 5.74) is 1.18. The van der Waals surface area contributed by atoms with Gasteiger partial charge in [0.2, 0.25) is 0 Å². The molecule has 108 valence electrons. The molecule has 1 amide bonds. The minimum atomic E-state index is -0.202. The molecule has 0 unspecified atom stereocenters. The second-order valence-electron chi connectivity index (χ2n) is 4.28. The highest BCUT2D eigenvalue weighted by molar-refractivity contribution is 6.05. The summed E-state index contributed by atoms with van der Waals surface area (Å²) < 4.78 is 10.6. The zero-order chi connectivity index (χ0) is 15.1. The van der Waals surface area contributed by atoms with Crippen LogP contribution in [-0.4, -0.2) is 19.6 Å². The van der Waals surface area contributed by atoms with Crippen molar-refractivity contribution in [2.24, 2.45) is 0 Å². The molecule has 2 rings (SSSR count). The Morgan fingerprint density at radius 2 is 1.90 bits per heavy atom. The van der Waals surface area contributed by atoms with Crippen LogP contribution in [0, 0.1) is 0 Å². The summed E-state index contributed by atoms with van der Waals surface area (Å²) in [4.78, 5) is 12.2. The number of para-hydroxylation sites is 2. The van der Waals surface area contributed by atoms with Crippen molar-refractivity contribution in [2.45, 2.75) is 0 Å². The fourth-order valence-corrected chi connectivity index (χ4v) is 1.78. The van der Waals surface area contributed by atoms with E-state index in [9.17, 15) is 4.79 Å². The molecule has 4 nitrogen and oxygen atoms in total. The number of nitrogens with one attached hydrogen (secondary N) is 1. The molecule has 2 aromatic rings. The fraction of sp³-hybridized carbons (Fsp3) is 0.118. The normalized spacial score (nSPS) is 9.76. The summed E-state index contributed by atoms with van der Waals surface area (Å²) >= 11 is 0. The zero-order valence-electron chi connectivity index (χ0n) is 11.8. The lowest BCUT2D eigenvalue weighted by Crippen LogP contribution is -2.12. The van der Waals surface area contributed by atoms with Crippen molar-refractivity contribution in [3.63, 3.8) is 0 Å². The van der Waals surface area contributed by atoms with E-state index in [1.54, 1.807) is 49.6 Å². The number of methoxy groups -OCH3 is 1. The van der Waals surface area contributed by atoms with E-state index < -0.39 is 0 Å². The number of hydrogen-bond acceptors (Lipinski definition) is 3. The van der Waals surface area contributed by atoms with Gasteiger partial charge in [0, 0.05) is 5.56 Å². The lowest BCUT2D eigenvalue weighted by Gasteiger charge is -2.11. The van der Waals surface area contributed by atoms with E-state index in [4.69, 9.17) is 9.47 Å². The van der Waals surface area contributed by atoms with E-state index in [1.807, 2.05) is 12.1 Å². The van der Waals surface area contributed by atoms with E-state index in [2.05, 4.69) is 11.9 Å². The lowest BCUT2D eigenvalue weighted by molar-refractivity contribution is 0.102. The van der Waals surface area contributed by atoms with Gasteiger partial charge in [-0.1, -0.05) is 24.8 Å². The Bertz CT molecular complexity index is 620. The molecule has 0 heterocycles. The number of anilines is 1. The predicted molar refractivity (Wildman–Crippen MR) is 83.1 cm³/mol. The smallest absolute Gasteiger partial charge is 0.255 e. The molecule has 4 heteroatoms. The van der Waals surface area contributed by atoms with E-state index in [0.29, 0.717) is 29.4 Å². The quantitative estimate of drug-likeness (QED) is 0.825. The van der Waals surface area contributed by atoms with E-state index in [1.165, 1.54) is 0 Å². The number of amides is 1. The van der Waals surface area contributed by atoms with Crippen LogP contribution in [0.4, 0.5) is 5.69 Å². The molecule has 0 atom stereocenters. The summed E-state index contributed by atoms with van der Waals surface area (Å²) in [5, 5.41) is 2.83. The average molecular weight is 283 g/mol. The van der Waals surface area contributed by atoms with E-state index in [0.717, 1.165) is 0 Å². The number of carbonyl (C=O) groups is 1. The monoisotopic (exact) mass is 283 g/mol. The van der Waals surface area contributed by atoms with Gasteiger partial charge in [0.1, 0.15) is 18.1 Å². The van der Waals surface area contributed by atoms with Crippen LogP contribution in [0.15, 0.2) is 61.2 Å². The third-order valence-electron chi connectivity index (χ3n) is 2.84. The van der Waals surface area contributed by atoms with Crippen molar-refractivity contribution in [1.82, 2.24) is 0 Å². The van der Waals surface area contributed by atoms with Gasteiger partial charge in [-0.25, -0.2) is 0 Å². The highest BCUT2D eigenvalue weighted by Gasteiger charge is 2.09. The van der Waals surface area contributed by atoms with Crippen LogP contribution < -0.4 is 14.8 Å². The molecule has 21 heavy (non-hydrogen) atoms. The maximum absolute atomic E-state index is 12.2. The standard InChI is InChI=1S/C17H17NO3/c1-3-12-21-16-7-5-4-6-15(16)18-17(19)13-8-10-14(20-2)11-9-13/h3-11H,1,12H2,2H3,(H,18,19). The first kappa shape index (κ1) is 14.7. The van der Waals surface area contributed by atoms with Crippen LogP contribution in [-0.2, 0) is 0 Å². The van der Waals surface area contributed by atoms with Crippen molar-refractivity contribution in [3.05, 3.63) is 66.7 Å². The minimum Gasteiger partial charge on any atom is -0.497 e. The molecule has 1 N–H and O–H groups in total. The van der Waals surface area contributed by atoms with Crippen LogP contribution in [0.3, 0.4) is 0 Å². The largest absolute Gasteiger partial charge is 0.497 e. The van der Waals surface area contributed by atoms with Crippen LogP contribution in [0.1, 0.15) is 10.4 Å². The molecule has 0 bridgehead atoms. The van der Waals surface area contributed by atoms with Gasteiger partial charge in [-0.05, 0) is 36.4 Å². The van der Waals surface area contributed by atoms with Gasteiger partial charge in [-0.15, -0.1) is 0 Å². The Kier molecular flexibility index (Phi) is 4.99.